The highest BCUT2D eigenvalue weighted by Crippen LogP contribution is 2.34. The fraction of sp³-hybridized carbons (Fsp3) is 0.143. The quantitative estimate of drug-likeness (QED) is 0.463. The molecule has 0 fully saturated rings. The van der Waals surface area contributed by atoms with E-state index in [1.54, 1.807) is 11.8 Å². The van der Waals surface area contributed by atoms with Gasteiger partial charge < -0.3 is 0 Å². The van der Waals surface area contributed by atoms with Gasteiger partial charge in [0.05, 0.1) is 14.9 Å². The zero-order valence-electron chi connectivity index (χ0n) is 9.66. The van der Waals surface area contributed by atoms with Gasteiger partial charge in [0.2, 0.25) is 0 Å². The number of halogens is 3. The molecule has 4 heteroatoms. The van der Waals surface area contributed by atoms with E-state index in [-0.39, 0.29) is 4.83 Å². The molecule has 18 heavy (non-hydrogen) atoms. The van der Waals surface area contributed by atoms with Crippen molar-refractivity contribution in [3.63, 3.8) is 0 Å². The zero-order valence-corrected chi connectivity index (χ0v) is 13.6. The molecule has 0 saturated heterocycles. The standard InChI is InChI=1S/C14H11BrCl2S/c1-18-11-5-2-9(3-6-11)14(15)10-4-7-12(16)13(17)8-10/h2-8,14H,1H3. The van der Waals surface area contributed by atoms with Gasteiger partial charge in [0.25, 0.3) is 0 Å². The monoisotopic (exact) mass is 360 g/mol. The Morgan fingerprint density at radius 2 is 1.56 bits per heavy atom. The number of hydrogen-bond acceptors (Lipinski definition) is 1. The molecular weight excluding hydrogens is 351 g/mol. The Morgan fingerprint density at radius 1 is 0.944 bits per heavy atom. The largest absolute Gasteiger partial charge is 0.130 e. The Balaban J connectivity index is 2.28. The maximum Gasteiger partial charge on any atom is 0.0645 e. The molecular formula is C14H11BrCl2S. The highest BCUT2D eigenvalue weighted by molar-refractivity contribution is 9.09. The summed E-state index contributed by atoms with van der Waals surface area (Å²) in [6, 6.07) is 14.2. The van der Waals surface area contributed by atoms with Crippen LogP contribution in [0.2, 0.25) is 10.0 Å². The third-order valence-electron chi connectivity index (χ3n) is 2.64. The lowest BCUT2D eigenvalue weighted by atomic mass is 10.1. The number of alkyl halides is 1. The summed E-state index contributed by atoms with van der Waals surface area (Å²) in [4.78, 5) is 1.38. The molecule has 1 atom stereocenters. The minimum absolute atomic E-state index is 0.128. The Morgan fingerprint density at radius 3 is 2.11 bits per heavy atom. The van der Waals surface area contributed by atoms with E-state index in [1.807, 2.05) is 18.2 Å². The molecule has 0 radical (unpaired) electrons. The molecule has 0 nitrogen and oxygen atoms in total. The molecule has 0 N–H and O–H groups in total. The van der Waals surface area contributed by atoms with Gasteiger partial charge in [-0.15, -0.1) is 11.8 Å². The second kappa shape index (κ2) is 6.33. The van der Waals surface area contributed by atoms with Crippen LogP contribution in [-0.2, 0) is 0 Å². The summed E-state index contributed by atoms with van der Waals surface area (Å²) < 4.78 is 0. The normalized spacial score (nSPS) is 12.4. The zero-order chi connectivity index (χ0) is 13.1. The van der Waals surface area contributed by atoms with E-state index >= 15 is 0 Å². The van der Waals surface area contributed by atoms with Crippen LogP contribution >= 0.6 is 50.9 Å². The van der Waals surface area contributed by atoms with Crippen LogP contribution in [0.1, 0.15) is 16.0 Å². The second-order valence-corrected chi connectivity index (χ2v) is 6.42. The van der Waals surface area contributed by atoms with E-state index in [9.17, 15) is 0 Å². The summed E-state index contributed by atoms with van der Waals surface area (Å²) in [5.41, 5.74) is 2.30. The van der Waals surface area contributed by atoms with Crippen LogP contribution in [0.4, 0.5) is 0 Å². The molecule has 0 aliphatic rings. The molecule has 0 aliphatic carbocycles. The van der Waals surface area contributed by atoms with Gasteiger partial charge in [-0.3, -0.25) is 0 Å². The molecule has 2 rings (SSSR count). The van der Waals surface area contributed by atoms with Crippen molar-refractivity contribution in [3.8, 4) is 0 Å². The van der Waals surface area contributed by atoms with Crippen LogP contribution in [0.5, 0.6) is 0 Å². The van der Waals surface area contributed by atoms with Crippen molar-refractivity contribution < 1.29 is 0 Å². The lowest BCUT2D eigenvalue weighted by molar-refractivity contribution is 1.17. The minimum Gasteiger partial charge on any atom is -0.130 e. The number of hydrogen-bond donors (Lipinski definition) is 0. The molecule has 0 bridgehead atoms. The van der Waals surface area contributed by atoms with E-state index in [2.05, 4.69) is 46.5 Å². The van der Waals surface area contributed by atoms with Gasteiger partial charge in [-0.25, -0.2) is 0 Å². The van der Waals surface area contributed by atoms with E-state index in [0.29, 0.717) is 10.0 Å². The van der Waals surface area contributed by atoms with Gasteiger partial charge in [-0.1, -0.05) is 57.3 Å². The van der Waals surface area contributed by atoms with Gasteiger partial charge in [-0.2, -0.15) is 0 Å². The van der Waals surface area contributed by atoms with Crippen molar-refractivity contribution in [2.24, 2.45) is 0 Å². The molecule has 0 aliphatic heterocycles. The Labute approximate surface area is 130 Å². The van der Waals surface area contributed by atoms with Crippen LogP contribution in [0.3, 0.4) is 0 Å². The summed E-state index contributed by atoms with van der Waals surface area (Å²) in [5, 5.41) is 1.16. The highest BCUT2D eigenvalue weighted by Gasteiger charge is 2.11. The summed E-state index contributed by atoms with van der Waals surface area (Å²) in [5.74, 6) is 0. The van der Waals surface area contributed by atoms with Crippen molar-refractivity contribution in [3.05, 3.63) is 63.6 Å². The van der Waals surface area contributed by atoms with Crippen LogP contribution in [-0.4, -0.2) is 6.26 Å². The van der Waals surface area contributed by atoms with Crippen LogP contribution in [0, 0.1) is 0 Å². The fourth-order valence-corrected chi connectivity index (χ4v) is 2.94. The number of rotatable bonds is 3. The second-order valence-electron chi connectivity index (χ2n) is 3.81. The first-order valence-corrected chi connectivity index (χ1v) is 8.24. The average molecular weight is 362 g/mol. The Hall–Kier alpha value is -0.150. The SMILES string of the molecule is CSc1ccc(C(Br)c2ccc(Cl)c(Cl)c2)cc1. The third kappa shape index (κ3) is 3.24. The van der Waals surface area contributed by atoms with Crippen molar-refractivity contribution in [2.75, 3.05) is 6.26 Å². The molecule has 0 heterocycles. The lowest BCUT2D eigenvalue weighted by Gasteiger charge is -2.12. The van der Waals surface area contributed by atoms with Gasteiger partial charge in [0.15, 0.2) is 0 Å². The van der Waals surface area contributed by atoms with Gasteiger partial charge in [0, 0.05) is 4.90 Å². The van der Waals surface area contributed by atoms with Crippen molar-refractivity contribution in [2.45, 2.75) is 9.72 Å². The molecule has 0 aromatic heterocycles. The van der Waals surface area contributed by atoms with E-state index in [0.717, 1.165) is 5.56 Å². The highest BCUT2D eigenvalue weighted by atomic mass is 79.9. The fourth-order valence-electron chi connectivity index (χ4n) is 1.64. The van der Waals surface area contributed by atoms with Crippen molar-refractivity contribution in [1.82, 2.24) is 0 Å². The number of thioether (sulfide) groups is 1. The predicted molar refractivity (Wildman–Crippen MR) is 85.5 cm³/mol. The first-order valence-electron chi connectivity index (χ1n) is 5.35. The summed E-state index contributed by atoms with van der Waals surface area (Å²) in [7, 11) is 0. The maximum absolute atomic E-state index is 6.04. The van der Waals surface area contributed by atoms with Crippen LogP contribution < -0.4 is 0 Å². The Kier molecular flexibility index (Phi) is 5.02. The van der Waals surface area contributed by atoms with Gasteiger partial charge >= 0.3 is 0 Å². The molecule has 0 saturated carbocycles. The Bertz CT molecular complexity index is 540. The van der Waals surface area contributed by atoms with Crippen molar-refractivity contribution >= 4 is 50.9 Å². The first-order chi connectivity index (χ1) is 8.61. The van der Waals surface area contributed by atoms with E-state index in [1.165, 1.54) is 10.5 Å². The predicted octanol–water partition coefficient (Wildman–Crippen LogP) is 6.20. The average Bonchev–Trinajstić information content (AvgIpc) is 2.41. The smallest absolute Gasteiger partial charge is 0.0645 e. The number of benzene rings is 2. The topological polar surface area (TPSA) is 0 Å². The van der Waals surface area contributed by atoms with E-state index < -0.39 is 0 Å². The molecule has 1 unspecified atom stereocenters. The first kappa shape index (κ1) is 14.3. The molecule has 94 valence electrons. The summed E-state index contributed by atoms with van der Waals surface area (Å²) >= 11 is 17.4. The summed E-state index contributed by atoms with van der Waals surface area (Å²) in [6.45, 7) is 0. The minimum atomic E-state index is 0.128. The van der Waals surface area contributed by atoms with Crippen LogP contribution in [0.15, 0.2) is 47.4 Å². The molecule has 2 aromatic carbocycles. The maximum atomic E-state index is 6.04. The lowest BCUT2D eigenvalue weighted by Crippen LogP contribution is -1.92. The summed E-state index contributed by atoms with van der Waals surface area (Å²) in [6.07, 6.45) is 2.07. The van der Waals surface area contributed by atoms with E-state index in [4.69, 9.17) is 23.2 Å². The van der Waals surface area contributed by atoms with Crippen molar-refractivity contribution in [1.29, 1.82) is 0 Å². The molecule has 0 spiro atoms. The molecule has 0 amide bonds. The third-order valence-corrected chi connectivity index (χ3v) is 5.18. The van der Waals surface area contributed by atoms with Gasteiger partial charge in [0.1, 0.15) is 0 Å². The molecule has 2 aromatic rings. The van der Waals surface area contributed by atoms with Gasteiger partial charge in [-0.05, 0) is 41.6 Å². The van der Waals surface area contributed by atoms with Crippen LogP contribution in [0.25, 0.3) is 0 Å².